The zero-order chi connectivity index (χ0) is 16.9. The summed E-state index contributed by atoms with van der Waals surface area (Å²) in [5.74, 6) is 0. The van der Waals surface area contributed by atoms with Crippen LogP contribution in [0.25, 0.3) is 0 Å². The number of rotatable bonds is 4. The molecule has 24 heavy (non-hydrogen) atoms. The lowest BCUT2D eigenvalue weighted by Gasteiger charge is -2.25. The van der Waals surface area contributed by atoms with Crippen molar-refractivity contribution < 1.29 is 4.79 Å². The van der Waals surface area contributed by atoms with Crippen LogP contribution in [0.2, 0.25) is 0 Å². The minimum Gasteiger partial charge on any atom is -0.323 e. The van der Waals surface area contributed by atoms with Gasteiger partial charge in [-0.25, -0.2) is 4.79 Å². The number of benzene rings is 1. The zero-order valence-corrected chi connectivity index (χ0v) is 14.3. The van der Waals surface area contributed by atoms with Crippen LogP contribution in [0.4, 0.5) is 10.5 Å². The van der Waals surface area contributed by atoms with E-state index in [0.29, 0.717) is 0 Å². The van der Waals surface area contributed by atoms with E-state index in [9.17, 15) is 4.79 Å². The number of aromatic nitrogens is 1. The molecule has 1 aromatic carbocycles. The second kappa shape index (κ2) is 7.45. The molecular formula is C19H24N4O. The van der Waals surface area contributed by atoms with Crippen molar-refractivity contribution in [3.8, 4) is 0 Å². The van der Waals surface area contributed by atoms with Gasteiger partial charge in [-0.1, -0.05) is 30.3 Å². The maximum Gasteiger partial charge on any atom is 0.321 e. The quantitative estimate of drug-likeness (QED) is 0.940. The Hall–Kier alpha value is -2.40. The lowest BCUT2D eigenvalue weighted by molar-refractivity contribution is 0.201. The molecule has 1 aliphatic rings. The Morgan fingerprint density at radius 3 is 2.79 bits per heavy atom. The third-order valence-electron chi connectivity index (χ3n) is 4.53. The number of carbonyl (C=O) groups is 1. The normalized spacial score (nSPS) is 17.7. The Labute approximate surface area is 143 Å². The van der Waals surface area contributed by atoms with Gasteiger partial charge in [-0.15, -0.1) is 0 Å². The number of likely N-dealkylation sites (tertiary alicyclic amines) is 1. The number of aryl methyl sites for hydroxylation is 1. The summed E-state index contributed by atoms with van der Waals surface area (Å²) in [5, 5.41) is 2.92. The van der Waals surface area contributed by atoms with Crippen LogP contribution in [0.1, 0.15) is 17.7 Å². The Morgan fingerprint density at radius 1 is 1.29 bits per heavy atom. The molecule has 1 unspecified atom stereocenters. The SMILES string of the molecule is Cc1ccc(NC(=O)N(C)C2CCN(Cc3ccccc3)C2)cn1. The summed E-state index contributed by atoms with van der Waals surface area (Å²) in [6, 6.07) is 14.4. The van der Waals surface area contributed by atoms with E-state index in [1.807, 2.05) is 37.1 Å². The number of amides is 2. The fraction of sp³-hybridized carbons (Fsp3) is 0.368. The largest absolute Gasteiger partial charge is 0.323 e. The highest BCUT2D eigenvalue weighted by atomic mass is 16.2. The second-order valence-corrected chi connectivity index (χ2v) is 6.39. The van der Waals surface area contributed by atoms with Crippen LogP contribution in [-0.2, 0) is 6.54 Å². The zero-order valence-electron chi connectivity index (χ0n) is 14.3. The average molecular weight is 324 g/mol. The molecule has 5 nitrogen and oxygen atoms in total. The summed E-state index contributed by atoms with van der Waals surface area (Å²) in [6.07, 6.45) is 2.69. The van der Waals surface area contributed by atoms with Crippen LogP contribution in [0.3, 0.4) is 0 Å². The van der Waals surface area contributed by atoms with Crippen LogP contribution < -0.4 is 5.32 Å². The summed E-state index contributed by atoms with van der Waals surface area (Å²) >= 11 is 0. The Balaban J connectivity index is 1.52. The van der Waals surface area contributed by atoms with Gasteiger partial charge >= 0.3 is 6.03 Å². The van der Waals surface area contributed by atoms with Gasteiger partial charge in [0.05, 0.1) is 11.9 Å². The number of nitrogens with one attached hydrogen (secondary N) is 1. The molecule has 126 valence electrons. The molecule has 1 aromatic heterocycles. The highest BCUT2D eigenvalue weighted by molar-refractivity contribution is 5.89. The number of hydrogen-bond acceptors (Lipinski definition) is 3. The molecule has 5 heteroatoms. The van der Waals surface area contributed by atoms with Gasteiger partial charge in [-0.2, -0.15) is 0 Å². The Bertz CT molecular complexity index is 672. The van der Waals surface area contributed by atoms with Crippen molar-refractivity contribution in [2.45, 2.75) is 25.9 Å². The maximum atomic E-state index is 12.4. The lowest BCUT2D eigenvalue weighted by Crippen LogP contribution is -2.41. The highest BCUT2D eigenvalue weighted by Gasteiger charge is 2.28. The number of hydrogen-bond donors (Lipinski definition) is 1. The summed E-state index contributed by atoms with van der Waals surface area (Å²) in [6.45, 7) is 4.79. The molecule has 1 fully saturated rings. The van der Waals surface area contributed by atoms with Crippen LogP contribution in [0.15, 0.2) is 48.7 Å². The molecule has 0 saturated carbocycles. The van der Waals surface area contributed by atoms with Crippen LogP contribution in [0.5, 0.6) is 0 Å². The smallest absolute Gasteiger partial charge is 0.321 e. The van der Waals surface area contributed by atoms with Crippen molar-refractivity contribution in [3.63, 3.8) is 0 Å². The summed E-state index contributed by atoms with van der Waals surface area (Å²) < 4.78 is 0. The first-order chi connectivity index (χ1) is 11.6. The number of nitrogens with zero attached hydrogens (tertiary/aromatic N) is 3. The van der Waals surface area contributed by atoms with Crippen molar-refractivity contribution in [1.82, 2.24) is 14.8 Å². The monoisotopic (exact) mass is 324 g/mol. The lowest BCUT2D eigenvalue weighted by atomic mass is 10.2. The van der Waals surface area contributed by atoms with E-state index in [0.717, 1.165) is 37.4 Å². The number of urea groups is 1. The van der Waals surface area contributed by atoms with Crippen molar-refractivity contribution in [2.75, 3.05) is 25.5 Å². The van der Waals surface area contributed by atoms with Gasteiger partial charge in [0, 0.05) is 38.4 Å². The molecular weight excluding hydrogens is 300 g/mol. The van der Waals surface area contributed by atoms with E-state index >= 15 is 0 Å². The molecule has 2 amide bonds. The molecule has 0 aliphatic carbocycles. The third-order valence-corrected chi connectivity index (χ3v) is 4.53. The van der Waals surface area contributed by atoms with E-state index in [4.69, 9.17) is 0 Å². The van der Waals surface area contributed by atoms with Gasteiger partial charge in [0.25, 0.3) is 0 Å². The van der Waals surface area contributed by atoms with Crippen LogP contribution in [-0.4, -0.2) is 47.0 Å². The molecule has 2 aromatic rings. The predicted octanol–water partition coefficient (Wildman–Crippen LogP) is 3.13. The molecule has 0 bridgehead atoms. The molecule has 0 radical (unpaired) electrons. The first-order valence-electron chi connectivity index (χ1n) is 8.34. The van der Waals surface area contributed by atoms with Gasteiger partial charge < -0.3 is 10.2 Å². The van der Waals surface area contributed by atoms with Crippen LogP contribution in [0, 0.1) is 6.92 Å². The molecule has 1 N–H and O–H groups in total. The fourth-order valence-electron chi connectivity index (χ4n) is 3.03. The van der Waals surface area contributed by atoms with Crippen molar-refractivity contribution in [3.05, 3.63) is 59.9 Å². The Kier molecular flexibility index (Phi) is 5.11. The fourth-order valence-corrected chi connectivity index (χ4v) is 3.03. The van der Waals surface area contributed by atoms with E-state index in [1.165, 1.54) is 5.56 Å². The maximum absolute atomic E-state index is 12.4. The topological polar surface area (TPSA) is 48.5 Å². The van der Waals surface area contributed by atoms with Gasteiger partial charge in [0.2, 0.25) is 0 Å². The minimum atomic E-state index is -0.0767. The van der Waals surface area contributed by atoms with E-state index in [2.05, 4.69) is 39.5 Å². The average Bonchev–Trinajstić information content (AvgIpc) is 3.05. The summed E-state index contributed by atoms with van der Waals surface area (Å²) in [5.41, 5.74) is 2.99. The van der Waals surface area contributed by atoms with Crippen molar-refractivity contribution >= 4 is 11.7 Å². The molecule has 1 atom stereocenters. The van der Waals surface area contributed by atoms with Gasteiger partial charge in [-0.05, 0) is 31.0 Å². The van der Waals surface area contributed by atoms with E-state index in [-0.39, 0.29) is 12.1 Å². The van der Waals surface area contributed by atoms with Gasteiger partial charge in [0.1, 0.15) is 0 Å². The standard InChI is InChI=1S/C19H24N4O/c1-15-8-9-17(12-20-15)21-19(24)22(2)18-10-11-23(14-18)13-16-6-4-3-5-7-16/h3-9,12,18H,10-11,13-14H2,1-2H3,(H,21,24). The second-order valence-electron chi connectivity index (χ2n) is 6.39. The van der Waals surface area contributed by atoms with Crippen molar-refractivity contribution in [1.29, 1.82) is 0 Å². The van der Waals surface area contributed by atoms with Gasteiger partial charge in [0.15, 0.2) is 0 Å². The first kappa shape index (κ1) is 16.5. The predicted molar refractivity (Wildman–Crippen MR) is 95.9 cm³/mol. The molecule has 0 spiro atoms. The minimum absolute atomic E-state index is 0.0767. The Morgan fingerprint density at radius 2 is 2.08 bits per heavy atom. The number of likely N-dealkylation sites (N-methyl/N-ethyl adjacent to an activating group) is 1. The molecule has 1 saturated heterocycles. The van der Waals surface area contributed by atoms with E-state index in [1.54, 1.807) is 6.20 Å². The summed E-state index contributed by atoms with van der Waals surface area (Å²) in [7, 11) is 1.87. The molecule has 3 rings (SSSR count). The van der Waals surface area contributed by atoms with Crippen molar-refractivity contribution in [2.24, 2.45) is 0 Å². The summed E-state index contributed by atoms with van der Waals surface area (Å²) in [4.78, 5) is 20.8. The number of carbonyl (C=O) groups excluding carboxylic acids is 1. The molecule has 2 heterocycles. The first-order valence-corrected chi connectivity index (χ1v) is 8.34. The van der Waals surface area contributed by atoms with Crippen LogP contribution >= 0.6 is 0 Å². The number of pyridine rings is 1. The van der Waals surface area contributed by atoms with E-state index < -0.39 is 0 Å². The van der Waals surface area contributed by atoms with Gasteiger partial charge in [-0.3, -0.25) is 9.88 Å². The third kappa shape index (κ3) is 4.11. The number of anilines is 1. The highest BCUT2D eigenvalue weighted by Crippen LogP contribution is 2.18. The molecule has 1 aliphatic heterocycles.